The van der Waals surface area contributed by atoms with Gasteiger partial charge in [0, 0.05) is 14.1 Å². The molecule has 11 heavy (non-hydrogen) atoms. The molecule has 0 bridgehead atoms. The predicted molar refractivity (Wildman–Crippen MR) is 58.5 cm³/mol. The molecule has 3 heteroatoms. The van der Waals surface area contributed by atoms with Crippen LogP contribution in [0.15, 0.2) is 18.2 Å². The maximum atomic E-state index is 5.92. The lowest BCUT2D eigenvalue weighted by Crippen LogP contribution is -2.10. The van der Waals surface area contributed by atoms with Crippen molar-refractivity contribution in [2.75, 3.05) is 19.0 Å². The van der Waals surface area contributed by atoms with Crippen LogP contribution in [0.4, 0.5) is 5.69 Å². The van der Waals surface area contributed by atoms with Crippen LogP contribution in [0.25, 0.3) is 0 Å². The molecule has 1 aromatic rings. The van der Waals surface area contributed by atoms with Crippen LogP contribution < -0.4 is 4.90 Å². The number of halogens is 2. The molecule has 0 atom stereocenters. The Balaban J connectivity index is 3.17. The van der Waals surface area contributed by atoms with Crippen LogP contribution in [0, 0.1) is 3.57 Å². The summed E-state index contributed by atoms with van der Waals surface area (Å²) in [4.78, 5) is 2.05. The third-order valence-electron chi connectivity index (χ3n) is 1.41. The number of rotatable bonds is 1. The topological polar surface area (TPSA) is 3.24 Å². The Kier molecular flexibility index (Phi) is 3.01. The first-order valence-electron chi connectivity index (χ1n) is 3.24. The maximum Gasteiger partial charge on any atom is 0.0560 e. The van der Waals surface area contributed by atoms with E-state index in [9.17, 15) is 0 Å². The summed E-state index contributed by atoms with van der Waals surface area (Å²) in [6, 6.07) is 5.91. The lowest BCUT2D eigenvalue weighted by molar-refractivity contribution is 1.12. The minimum absolute atomic E-state index is 0.816. The van der Waals surface area contributed by atoms with Crippen molar-refractivity contribution in [2.45, 2.75) is 0 Å². The third kappa shape index (κ3) is 1.99. The molecule has 0 spiro atoms. The molecule has 0 aliphatic rings. The lowest BCUT2D eigenvalue weighted by atomic mass is 10.3. The van der Waals surface area contributed by atoms with Crippen LogP contribution in [-0.2, 0) is 0 Å². The van der Waals surface area contributed by atoms with E-state index in [0.29, 0.717) is 0 Å². The van der Waals surface area contributed by atoms with E-state index >= 15 is 0 Å². The Morgan fingerprint density at radius 3 is 2.45 bits per heavy atom. The van der Waals surface area contributed by atoms with Crippen molar-refractivity contribution in [1.82, 2.24) is 0 Å². The zero-order chi connectivity index (χ0) is 8.43. The summed E-state index contributed by atoms with van der Waals surface area (Å²) in [6.45, 7) is 0. The number of nitrogens with zero attached hydrogens (tertiary/aromatic N) is 1. The molecule has 0 aliphatic carbocycles. The van der Waals surface area contributed by atoms with Gasteiger partial charge in [0.25, 0.3) is 0 Å². The summed E-state index contributed by atoms with van der Waals surface area (Å²) in [7, 11) is 4.02. The largest absolute Gasteiger partial charge is 0.377 e. The molecule has 0 fully saturated rings. The molecule has 1 nitrogen and oxygen atoms in total. The van der Waals surface area contributed by atoms with Crippen molar-refractivity contribution in [1.29, 1.82) is 0 Å². The Bertz CT molecular complexity index is 260. The van der Waals surface area contributed by atoms with E-state index in [2.05, 4.69) is 22.6 Å². The van der Waals surface area contributed by atoms with Crippen LogP contribution in [0.2, 0.25) is 5.02 Å². The molecule has 0 saturated heterocycles. The standard InChI is InChI=1S/C8H9ClIN/c1-11(2)7-5-3-4-6(9)8(7)10/h3-5H,1-2H3. The molecular weight excluding hydrogens is 272 g/mol. The first-order chi connectivity index (χ1) is 5.13. The van der Waals surface area contributed by atoms with E-state index in [4.69, 9.17) is 11.6 Å². The van der Waals surface area contributed by atoms with Crippen molar-refractivity contribution in [3.05, 3.63) is 26.8 Å². The maximum absolute atomic E-state index is 5.92. The molecule has 1 rings (SSSR count). The van der Waals surface area contributed by atoms with E-state index in [1.807, 2.05) is 37.2 Å². The second-order valence-electron chi connectivity index (χ2n) is 2.47. The summed E-state index contributed by atoms with van der Waals surface area (Å²) in [5, 5.41) is 0.816. The predicted octanol–water partition coefficient (Wildman–Crippen LogP) is 3.01. The smallest absolute Gasteiger partial charge is 0.0560 e. The number of benzene rings is 1. The molecule has 0 saturated carbocycles. The van der Waals surface area contributed by atoms with Gasteiger partial charge in [-0.1, -0.05) is 17.7 Å². The molecule has 0 N–H and O–H groups in total. The fraction of sp³-hybridized carbons (Fsp3) is 0.250. The molecule has 0 amide bonds. The van der Waals surface area contributed by atoms with Gasteiger partial charge in [-0.2, -0.15) is 0 Å². The summed E-state index contributed by atoms with van der Waals surface area (Å²) in [6.07, 6.45) is 0. The van der Waals surface area contributed by atoms with Crippen LogP contribution in [0.3, 0.4) is 0 Å². The van der Waals surface area contributed by atoms with Gasteiger partial charge in [-0.05, 0) is 34.7 Å². The second kappa shape index (κ2) is 3.63. The van der Waals surface area contributed by atoms with E-state index in [1.165, 1.54) is 0 Å². The summed E-state index contributed by atoms with van der Waals surface area (Å²) >= 11 is 8.17. The molecule has 0 radical (unpaired) electrons. The highest BCUT2D eigenvalue weighted by molar-refractivity contribution is 14.1. The molecule has 0 heterocycles. The van der Waals surface area contributed by atoms with Gasteiger partial charge >= 0.3 is 0 Å². The van der Waals surface area contributed by atoms with Crippen molar-refractivity contribution in [3.8, 4) is 0 Å². The van der Waals surface area contributed by atoms with Gasteiger partial charge in [-0.15, -0.1) is 0 Å². The van der Waals surface area contributed by atoms with E-state index in [0.717, 1.165) is 14.3 Å². The Hall–Kier alpha value is 0.0400. The first kappa shape index (κ1) is 9.13. The van der Waals surface area contributed by atoms with Crippen LogP contribution in [0.5, 0.6) is 0 Å². The lowest BCUT2D eigenvalue weighted by Gasteiger charge is -2.14. The zero-order valence-electron chi connectivity index (χ0n) is 6.44. The Morgan fingerprint density at radius 2 is 2.00 bits per heavy atom. The summed E-state index contributed by atoms with van der Waals surface area (Å²) in [5.74, 6) is 0. The monoisotopic (exact) mass is 281 g/mol. The zero-order valence-corrected chi connectivity index (χ0v) is 9.35. The van der Waals surface area contributed by atoms with Gasteiger partial charge in [0.2, 0.25) is 0 Å². The molecule has 0 unspecified atom stereocenters. The molecular formula is C8H9ClIN. The van der Waals surface area contributed by atoms with Crippen LogP contribution in [-0.4, -0.2) is 14.1 Å². The first-order valence-corrected chi connectivity index (χ1v) is 4.70. The van der Waals surface area contributed by atoms with Gasteiger partial charge in [-0.3, -0.25) is 0 Å². The highest BCUT2D eigenvalue weighted by Gasteiger charge is 2.03. The fourth-order valence-corrected chi connectivity index (χ4v) is 1.85. The van der Waals surface area contributed by atoms with E-state index in [-0.39, 0.29) is 0 Å². The van der Waals surface area contributed by atoms with Gasteiger partial charge < -0.3 is 4.90 Å². The minimum atomic E-state index is 0.816. The number of anilines is 1. The molecule has 0 aliphatic heterocycles. The second-order valence-corrected chi connectivity index (χ2v) is 3.95. The minimum Gasteiger partial charge on any atom is -0.377 e. The highest BCUT2D eigenvalue weighted by atomic mass is 127. The Labute approximate surface area is 85.5 Å². The molecule has 1 aromatic carbocycles. The fourth-order valence-electron chi connectivity index (χ4n) is 0.838. The van der Waals surface area contributed by atoms with Crippen molar-refractivity contribution in [3.63, 3.8) is 0 Å². The normalized spacial score (nSPS) is 9.82. The van der Waals surface area contributed by atoms with Crippen LogP contribution >= 0.6 is 34.2 Å². The van der Waals surface area contributed by atoms with Crippen molar-refractivity contribution in [2.24, 2.45) is 0 Å². The van der Waals surface area contributed by atoms with Crippen molar-refractivity contribution < 1.29 is 0 Å². The molecule has 0 aromatic heterocycles. The van der Waals surface area contributed by atoms with E-state index in [1.54, 1.807) is 0 Å². The average Bonchev–Trinajstić information content (AvgIpc) is 1.94. The SMILES string of the molecule is CN(C)c1cccc(Cl)c1I. The third-order valence-corrected chi connectivity index (χ3v) is 3.18. The Morgan fingerprint density at radius 1 is 1.36 bits per heavy atom. The number of hydrogen-bond donors (Lipinski definition) is 0. The molecule has 60 valence electrons. The summed E-state index contributed by atoms with van der Waals surface area (Å²) < 4.78 is 1.11. The van der Waals surface area contributed by atoms with E-state index < -0.39 is 0 Å². The van der Waals surface area contributed by atoms with Crippen LogP contribution in [0.1, 0.15) is 0 Å². The van der Waals surface area contributed by atoms with Gasteiger partial charge in [0.05, 0.1) is 14.3 Å². The average molecular weight is 282 g/mol. The van der Waals surface area contributed by atoms with Gasteiger partial charge in [-0.25, -0.2) is 0 Å². The highest BCUT2D eigenvalue weighted by Crippen LogP contribution is 2.27. The quantitative estimate of drug-likeness (QED) is 0.715. The van der Waals surface area contributed by atoms with Gasteiger partial charge in [0.1, 0.15) is 0 Å². The summed E-state index contributed by atoms with van der Waals surface area (Å²) in [5.41, 5.74) is 1.16. The van der Waals surface area contributed by atoms with Crippen molar-refractivity contribution >= 4 is 39.9 Å². The number of hydrogen-bond acceptors (Lipinski definition) is 1. The van der Waals surface area contributed by atoms with Gasteiger partial charge in [0.15, 0.2) is 0 Å².